The van der Waals surface area contributed by atoms with Crippen molar-refractivity contribution in [3.63, 3.8) is 0 Å². The summed E-state index contributed by atoms with van der Waals surface area (Å²) >= 11 is 4.27. The molecule has 1 aliphatic rings. The largest absolute Gasteiger partial charge is 0.355 e. The lowest BCUT2D eigenvalue weighted by Gasteiger charge is -2.33. The van der Waals surface area contributed by atoms with E-state index in [0.29, 0.717) is 11.3 Å². The lowest BCUT2D eigenvalue weighted by atomic mass is 10.1. The van der Waals surface area contributed by atoms with Crippen LogP contribution in [-0.2, 0) is 0 Å². The highest BCUT2D eigenvalue weighted by atomic mass is 33.1. The van der Waals surface area contributed by atoms with Crippen LogP contribution in [0.2, 0.25) is 0 Å². The fourth-order valence-electron chi connectivity index (χ4n) is 2.32. The van der Waals surface area contributed by atoms with Crippen molar-refractivity contribution >= 4 is 28.3 Å². The second kappa shape index (κ2) is 6.68. The highest BCUT2D eigenvalue weighted by molar-refractivity contribution is 8.68. The molecule has 1 saturated heterocycles. The van der Waals surface area contributed by atoms with E-state index in [9.17, 15) is 0 Å². The normalized spacial score (nSPS) is 21.9. The first-order valence-corrected chi connectivity index (χ1v) is 8.37. The number of piperidine rings is 1. The molecule has 0 radical (unpaired) electrons. The Balaban J connectivity index is 2.12. The molecular formula is C13H21N3S2. The highest BCUT2D eigenvalue weighted by Crippen LogP contribution is 2.30. The molecule has 0 amide bonds. The Morgan fingerprint density at radius 2 is 2.39 bits per heavy atom. The van der Waals surface area contributed by atoms with Crippen LogP contribution in [-0.4, -0.2) is 31.2 Å². The molecule has 3 nitrogen and oxygen atoms in total. The quantitative estimate of drug-likeness (QED) is 0.656. The van der Waals surface area contributed by atoms with Crippen molar-refractivity contribution in [2.45, 2.75) is 31.1 Å². The van der Waals surface area contributed by atoms with E-state index in [0.717, 1.165) is 24.6 Å². The number of anilines is 1. The van der Waals surface area contributed by atoms with E-state index in [1.54, 1.807) is 0 Å². The first-order valence-electron chi connectivity index (χ1n) is 6.44. The molecule has 0 saturated carbocycles. The molecule has 0 spiro atoms. The molecule has 1 aliphatic heterocycles. The van der Waals surface area contributed by atoms with Crippen molar-refractivity contribution in [2.24, 2.45) is 0 Å². The summed E-state index contributed by atoms with van der Waals surface area (Å²) in [4.78, 5) is 7.14. The van der Waals surface area contributed by atoms with Gasteiger partial charge in [-0.2, -0.15) is 0 Å². The standard InChI is InChI=1S/C13H21N3S2/c1-10(18-17)12-6-3-7-13(15-12)16-8-4-5-11(9-16)14-2/h3,6-7,10-11,14,17H,4-5,8-9H2,1-2H3/t10?,11-/m1/s1. The van der Waals surface area contributed by atoms with Gasteiger partial charge in [0.05, 0.1) is 10.9 Å². The second-order valence-corrected chi connectivity index (χ2v) is 6.29. The van der Waals surface area contributed by atoms with Gasteiger partial charge < -0.3 is 10.2 Å². The third kappa shape index (κ3) is 3.33. The second-order valence-electron chi connectivity index (χ2n) is 4.74. The number of hydrogen-bond acceptors (Lipinski definition) is 5. The highest BCUT2D eigenvalue weighted by Gasteiger charge is 2.20. The summed E-state index contributed by atoms with van der Waals surface area (Å²) in [6.45, 7) is 4.29. The van der Waals surface area contributed by atoms with Crippen LogP contribution in [0.3, 0.4) is 0 Å². The third-order valence-corrected chi connectivity index (χ3v) is 4.99. The molecule has 0 bridgehead atoms. The summed E-state index contributed by atoms with van der Waals surface area (Å²) in [6.07, 6.45) is 2.49. The SMILES string of the molecule is CN[C@@H]1CCCN(c2cccc(C(C)SS)n2)C1. The van der Waals surface area contributed by atoms with Crippen molar-refractivity contribution in [2.75, 3.05) is 25.0 Å². The van der Waals surface area contributed by atoms with E-state index in [-0.39, 0.29) is 0 Å². The molecule has 1 unspecified atom stereocenters. The molecule has 1 fully saturated rings. The average molecular weight is 283 g/mol. The Bertz CT molecular complexity index is 386. The molecule has 2 heterocycles. The van der Waals surface area contributed by atoms with Gasteiger partial charge in [-0.15, -0.1) is 11.7 Å². The van der Waals surface area contributed by atoms with Crippen LogP contribution in [0.15, 0.2) is 18.2 Å². The van der Waals surface area contributed by atoms with Crippen LogP contribution in [0, 0.1) is 0 Å². The van der Waals surface area contributed by atoms with Gasteiger partial charge >= 0.3 is 0 Å². The van der Waals surface area contributed by atoms with Gasteiger partial charge in [0.1, 0.15) is 5.82 Å². The zero-order valence-electron chi connectivity index (χ0n) is 11.0. The molecule has 0 aromatic carbocycles. The van der Waals surface area contributed by atoms with E-state index in [4.69, 9.17) is 4.98 Å². The minimum atomic E-state index is 0.332. The van der Waals surface area contributed by atoms with E-state index in [2.05, 4.69) is 47.0 Å². The Morgan fingerprint density at radius 1 is 1.56 bits per heavy atom. The number of rotatable bonds is 4. The maximum atomic E-state index is 4.76. The average Bonchev–Trinajstić information content (AvgIpc) is 2.46. The van der Waals surface area contributed by atoms with Crippen molar-refractivity contribution in [1.82, 2.24) is 10.3 Å². The minimum Gasteiger partial charge on any atom is -0.355 e. The summed E-state index contributed by atoms with van der Waals surface area (Å²) in [5.41, 5.74) is 1.11. The van der Waals surface area contributed by atoms with E-state index < -0.39 is 0 Å². The maximum absolute atomic E-state index is 4.76. The molecule has 0 aliphatic carbocycles. The first kappa shape index (κ1) is 14.0. The minimum absolute atomic E-state index is 0.332. The Hall–Kier alpha value is -0.390. The van der Waals surface area contributed by atoms with Gasteiger partial charge in [0.15, 0.2) is 0 Å². The van der Waals surface area contributed by atoms with Gasteiger partial charge in [0.2, 0.25) is 0 Å². The number of pyridine rings is 1. The number of hydrogen-bond donors (Lipinski definition) is 2. The fraction of sp³-hybridized carbons (Fsp3) is 0.615. The van der Waals surface area contributed by atoms with Crippen LogP contribution >= 0.6 is 22.5 Å². The number of likely N-dealkylation sites (N-methyl/N-ethyl adjacent to an activating group) is 1. The third-order valence-electron chi connectivity index (χ3n) is 3.48. The topological polar surface area (TPSA) is 28.2 Å². The zero-order valence-corrected chi connectivity index (χ0v) is 12.7. The summed E-state index contributed by atoms with van der Waals surface area (Å²) in [5, 5.41) is 3.70. The molecule has 100 valence electrons. The summed E-state index contributed by atoms with van der Waals surface area (Å²) in [7, 11) is 3.58. The predicted octanol–water partition coefficient (Wildman–Crippen LogP) is 2.91. The molecule has 2 rings (SSSR count). The van der Waals surface area contributed by atoms with Gasteiger partial charge in [-0.3, -0.25) is 0 Å². The summed E-state index contributed by atoms with van der Waals surface area (Å²) in [5.74, 6) is 1.10. The van der Waals surface area contributed by atoms with Gasteiger partial charge in [-0.1, -0.05) is 16.9 Å². The van der Waals surface area contributed by atoms with Crippen molar-refractivity contribution in [3.8, 4) is 0 Å². The Morgan fingerprint density at radius 3 is 3.11 bits per heavy atom. The van der Waals surface area contributed by atoms with Gasteiger partial charge in [-0.25, -0.2) is 4.98 Å². The summed E-state index contributed by atoms with van der Waals surface area (Å²) in [6, 6.07) is 6.87. The van der Waals surface area contributed by atoms with E-state index in [1.165, 1.54) is 23.6 Å². The molecule has 1 aromatic heterocycles. The number of aromatic nitrogens is 1. The molecular weight excluding hydrogens is 262 g/mol. The van der Waals surface area contributed by atoms with Crippen molar-refractivity contribution < 1.29 is 0 Å². The van der Waals surface area contributed by atoms with Gasteiger partial charge in [-0.05, 0) is 38.9 Å². The monoisotopic (exact) mass is 283 g/mol. The zero-order chi connectivity index (χ0) is 13.0. The molecule has 1 aromatic rings. The van der Waals surface area contributed by atoms with Crippen molar-refractivity contribution in [1.29, 1.82) is 0 Å². The van der Waals surface area contributed by atoms with Crippen LogP contribution in [0.4, 0.5) is 5.82 Å². The predicted molar refractivity (Wildman–Crippen MR) is 83.5 cm³/mol. The smallest absolute Gasteiger partial charge is 0.128 e. The number of nitrogens with one attached hydrogen (secondary N) is 1. The van der Waals surface area contributed by atoms with Gasteiger partial charge in [0, 0.05) is 19.1 Å². The first-order chi connectivity index (χ1) is 8.74. The molecule has 1 N–H and O–H groups in total. The summed E-state index contributed by atoms with van der Waals surface area (Å²) < 4.78 is 0. The number of nitrogens with zero attached hydrogens (tertiary/aromatic N) is 2. The van der Waals surface area contributed by atoms with Crippen LogP contribution in [0.5, 0.6) is 0 Å². The van der Waals surface area contributed by atoms with E-state index in [1.807, 2.05) is 7.05 Å². The van der Waals surface area contributed by atoms with Crippen LogP contribution in [0.25, 0.3) is 0 Å². The molecule has 5 heteroatoms. The van der Waals surface area contributed by atoms with Crippen LogP contribution in [0.1, 0.15) is 30.7 Å². The van der Waals surface area contributed by atoms with Crippen LogP contribution < -0.4 is 10.2 Å². The molecule has 18 heavy (non-hydrogen) atoms. The lowest BCUT2D eigenvalue weighted by Crippen LogP contribution is -2.44. The maximum Gasteiger partial charge on any atom is 0.128 e. The lowest BCUT2D eigenvalue weighted by molar-refractivity contribution is 0.447. The van der Waals surface area contributed by atoms with Gasteiger partial charge in [0.25, 0.3) is 0 Å². The Labute approximate surface area is 119 Å². The molecule has 2 atom stereocenters. The van der Waals surface area contributed by atoms with E-state index >= 15 is 0 Å². The van der Waals surface area contributed by atoms with Crippen molar-refractivity contribution in [3.05, 3.63) is 23.9 Å². The number of thiol groups is 1. The Kier molecular flexibility index (Phi) is 5.21. The fourth-order valence-corrected chi connectivity index (χ4v) is 2.88.